The van der Waals surface area contributed by atoms with E-state index in [9.17, 15) is 0 Å². The first-order valence-corrected chi connectivity index (χ1v) is 7.17. The van der Waals surface area contributed by atoms with Crippen molar-refractivity contribution in [3.63, 3.8) is 0 Å². The zero-order valence-electron chi connectivity index (χ0n) is 11.0. The third-order valence-electron chi connectivity index (χ3n) is 3.18. The maximum atomic E-state index is 4.03. The Bertz CT molecular complexity index is 652. The standard InChI is InChI=1S/C14H16N4S/c1-3-15-14(11-9-16-17-18(11)2)13-8-10-6-4-5-7-12(10)19-13/h4-9,14-15H,3H2,1-2H3. The Labute approximate surface area is 116 Å². The summed E-state index contributed by atoms with van der Waals surface area (Å²) in [5.41, 5.74) is 1.09. The van der Waals surface area contributed by atoms with Crippen molar-refractivity contribution in [1.29, 1.82) is 0 Å². The van der Waals surface area contributed by atoms with Gasteiger partial charge in [0.2, 0.25) is 0 Å². The van der Waals surface area contributed by atoms with Gasteiger partial charge in [0.15, 0.2) is 0 Å². The van der Waals surface area contributed by atoms with Gasteiger partial charge in [0.1, 0.15) is 0 Å². The summed E-state index contributed by atoms with van der Waals surface area (Å²) < 4.78 is 3.15. The molecule has 0 aliphatic rings. The predicted molar refractivity (Wildman–Crippen MR) is 78.3 cm³/mol. The van der Waals surface area contributed by atoms with Crippen molar-refractivity contribution in [3.8, 4) is 0 Å². The number of aromatic nitrogens is 3. The normalized spacial score (nSPS) is 12.9. The minimum atomic E-state index is 0.155. The Morgan fingerprint density at radius 2 is 2.21 bits per heavy atom. The molecule has 5 heteroatoms. The second-order valence-corrected chi connectivity index (χ2v) is 5.58. The molecule has 19 heavy (non-hydrogen) atoms. The van der Waals surface area contributed by atoms with E-state index in [4.69, 9.17) is 0 Å². The Morgan fingerprint density at radius 3 is 2.89 bits per heavy atom. The van der Waals surface area contributed by atoms with Crippen LogP contribution >= 0.6 is 11.3 Å². The van der Waals surface area contributed by atoms with Gasteiger partial charge in [0.25, 0.3) is 0 Å². The zero-order chi connectivity index (χ0) is 13.2. The number of aryl methyl sites for hydroxylation is 1. The molecule has 0 spiro atoms. The number of rotatable bonds is 4. The fourth-order valence-electron chi connectivity index (χ4n) is 2.26. The van der Waals surface area contributed by atoms with Gasteiger partial charge in [0, 0.05) is 16.6 Å². The predicted octanol–water partition coefficient (Wildman–Crippen LogP) is 2.73. The van der Waals surface area contributed by atoms with E-state index in [1.807, 2.05) is 29.3 Å². The molecule has 3 aromatic rings. The van der Waals surface area contributed by atoms with Crippen LogP contribution < -0.4 is 5.32 Å². The molecule has 1 atom stereocenters. The van der Waals surface area contributed by atoms with Gasteiger partial charge in [-0.2, -0.15) is 0 Å². The van der Waals surface area contributed by atoms with E-state index < -0.39 is 0 Å². The number of thiophene rings is 1. The summed E-state index contributed by atoms with van der Waals surface area (Å²) in [5, 5.41) is 12.8. The van der Waals surface area contributed by atoms with E-state index >= 15 is 0 Å². The van der Waals surface area contributed by atoms with Crippen LogP contribution in [0.5, 0.6) is 0 Å². The third-order valence-corrected chi connectivity index (χ3v) is 4.36. The molecule has 0 aliphatic carbocycles. The van der Waals surface area contributed by atoms with E-state index in [0.29, 0.717) is 0 Å². The van der Waals surface area contributed by atoms with E-state index in [0.717, 1.165) is 12.2 Å². The fourth-order valence-corrected chi connectivity index (χ4v) is 3.41. The number of hydrogen-bond donors (Lipinski definition) is 1. The van der Waals surface area contributed by atoms with E-state index in [-0.39, 0.29) is 6.04 Å². The highest BCUT2D eigenvalue weighted by atomic mass is 32.1. The highest BCUT2D eigenvalue weighted by molar-refractivity contribution is 7.19. The maximum absolute atomic E-state index is 4.03. The summed E-state index contributed by atoms with van der Waals surface area (Å²) in [4.78, 5) is 1.30. The third kappa shape index (κ3) is 2.27. The Kier molecular flexibility index (Phi) is 3.31. The molecule has 2 heterocycles. The van der Waals surface area contributed by atoms with Crippen LogP contribution in [-0.2, 0) is 7.05 Å². The average Bonchev–Trinajstić information content (AvgIpc) is 3.02. The maximum Gasteiger partial charge on any atom is 0.0858 e. The first kappa shape index (κ1) is 12.3. The fraction of sp³-hybridized carbons (Fsp3) is 0.286. The topological polar surface area (TPSA) is 42.7 Å². The molecule has 2 aromatic heterocycles. The van der Waals surface area contributed by atoms with E-state index in [2.05, 4.69) is 52.9 Å². The van der Waals surface area contributed by atoms with Gasteiger partial charge in [-0.1, -0.05) is 30.3 Å². The largest absolute Gasteiger partial charge is 0.305 e. The van der Waals surface area contributed by atoms with Gasteiger partial charge in [-0.15, -0.1) is 16.4 Å². The second kappa shape index (κ2) is 5.11. The molecule has 3 rings (SSSR count). The molecule has 1 unspecified atom stereocenters. The van der Waals surface area contributed by atoms with Crippen LogP contribution in [-0.4, -0.2) is 21.5 Å². The minimum absolute atomic E-state index is 0.155. The summed E-state index contributed by atoms with van der Waals surface area (Å²) in [6, 6.07) is 10.9. The van der Waals surface area contributed by atoms with Gasteiger partial charge < -0.3 is 5.32 Å². The van der Waals surface area contributed by atoms with Gasteiger partial charge >= 0.3 is 0 Å². The van der Waals surface area contributed by atoms with Crippen LogP contribution in [0.4, 0.5) is 0 Å². The van der Waals surface area contributed by atoms with Crippen molar-refractivity contribution in [2.45, 2.75) is 13.0 Å². The van der Waals surface area contributed by atoms with Crippen molar-refractivity contribution in [2.24, 2.45) is 7.05 Å². The SMILES string of the molecule is CCNC(c1cc2ccccc2s1)c1cnnn1C. The number of nitrogens with one attached hydrogen (secondary N) is 1. The molecule has 0 bridgehead atoms. The average molecular weight is 272 g/mol. The van der Waals surface area contributed by atoms with Gasteiger partial charge in [0.05, 0.1) is 17.9 Å². The van der Waals surface area contributed by atoms with Crippen LogP contribution in [0.25, 0.3) is 10.1 Å². The molecule has 98 valence electrons. The summed E-state index contributed by atoms with van der Waals surface area (Å²) in [6.45, 7) is 3.02. The summed E-state index contributed by atoms with van der Waals surface area (Å²) >= 11 is 1.82. The van der Waals surface area contributed by atoms with Crippen molar-refractivity contribution in [2.75, 3.05) is 6.54 Å². The molecule has 0 aliphatic heterocycles. The molecule has 0 amide bonds. The molecule has 0 saturated heterocycles. The number of hydrogen-bond acceptors (Lipinski definition) is 4. The second-order valence-electron chi connectivity index (χ2n) is 4.46. The molecule has 0 radical (unpaired) electrons. The van der Waals surface area contributed by atoms with Crippen molar-refractivity contribution < 1.29 is 0 Å². The Balaban J connectivity index is 2.07. The molecule has 1 aromatic carbocycles. The monoisotopic (exact) mass is 272 g/mol. The van der Waals surface area contributed by atoms with E-state index in [1.54, 1.807) is 0 Å². The highest BCUT2D eigenvalue weighted by Gasteiger charge is 2.19. The Hall–Kier alpha value is -1.72. The van der Waals surface area contributed by atoms with Crippen LogP contribution in [0.2, 0.25) is 0 Å². The van der Waals surface area contributed by atoms with Crippen molar-refractivity contribution in [3.05, 3.63) is 47.1 Å². The summed E-state index contributed by atoms with van der Waals surface area (Å²) in [6.07, 6.45) is 1.83. The van der Waals surface area contributed by atoms with Crippen LogP contribution in [0, 0.1) is 0 Å². The minimum Gasteiger partial charge on any atom is -0.305 e. The zero-order valence-corrected chi connectivity index (χ0v) is 11.8. The lowest BCUT2D eigenvalue weighted by molar-refractivity contribution is 0.574. The highest BCUT2D eigenvalue weighted by Crippen LogP contribution is 2.32. The number of fused-ring (bicyclic) bond motifs is 1. The van der Waals surface area contributed by atoms with Gasteiger partial charge in [-0.25, -0.2) is 0 Å². The first-order valence-electron chi connectivity index (χ1n) is 6.36. The molecule has 0 saturated carbocycles. The van der Waals surface area contributed by atoms with E-state index in [1.165, 1.54) is 15.0 Å². The summed E-state index contributed by atoms with van der Waals surface area (Å²) in [7, 11) is 1.93. The summed E-state index contributed by atoms with van der Waals surface area (Å²) in [5.74, 6) is 0. The quantitative estimate of drug-likeness (QED) is 0.794. The van der Waals surface area contributed by atoms with Gasteiger partial charge in [-0.3, -0.25) is 4.68 Å². The molecule has 0 fully saturated rings. The smallest absolute Gasteiger partial charge is 0.0858 e. The van der Waals surface area contributed by atoms with Crippen LogP contribution in [0.1, 0.15) is 23.5 Å². The van der Waals surface area contributed by atoms with Crippen LogP contribution in [0.15, 0.2) is 36.5 Å². The Morgan fingerprint density at radius 1 is 1.37 bits per heavy atom. The first-order chi connectivity index (χ1) is 9.29. The number of benzene rings is 1. The number of nitrogens with zero attached hydrogens (tertiary/aromatic N) is 3. The molecule has 1 N–H and O–H groups in total. The molecular weight excluding hydrogens is 256 g/mol. The van der Waals surface area contributed by atoms with Crippen LogP contribution in [0.3, 0.4) is 0 Å². The lowest BCUT2D eigenvalue weighted by Gasteiger charge is -2.15. The van der Waals surface area contributed by atoms with Crippen molar-refractivity contribution in [1.82, 2.24) is 20.3 Å². The molecule has 4 nitrogen and oxygen atoms in total. The van der Waals surface area contributed by atoms with Gasteiger partial charge in [-0.05, 0) is 24.1 Å². The van der Waals surface area contributed by atoms with Crippen molar-refractivity contribution >= 4 is 21.4 Å². The lowest BCUT2D eigenvalue weighted by atomic mass is 10.1. The lowest BCUT2D eigenvalue weighted by Crippen LogP contribution is -2.23. The molecular formula is C14H16N4S.